The average molecular weight is 509 g/mol. The van der Waals surface area contributed by atoms with Gasteiger partial charge >= 0.3 is 0 Å². The van der Waals surface area contributed by atoms with Crippen molar-refractivity contribution in [1.82, 2.24) is 10.2 Å². The molecule has 0 bridgehead atoms. The molecule has 1 aliphatic rings. The summed E-state index contributed by atoms with van der Waals surface area (Å²) in [6, 6.07) is 5.08. The second-order valence-electron chi connectivity index (χ2n) is 6.70. The van der Waals surface area contributed by atoms with E-state index in [-0.39, 0.29) is 36.4 Å². The number of halogens is 2. The van der Waals surface area contributed by atoms with E-state index in [1.54, 1.807) is 20.3 Å². The van der Waals surface area contributed by atoms with Crippen LogP contribution in [0.15, 0.2) is 23.2 Å². The number of guanidine groups is 1. The van der Waals surface area contributed by atoms with Crippen molar-refractivity contribution in [2.45, 2.75) is 26.5 Å². The molecule has 1 atom stereocenters. The number of nitrogens with zero attached hydrogens (tertiary/aromatic N) is 2. The van der Waals surface area contributed by atoms with Gasteiger partial charge in [-0.15, -0.1) is 24.0 Å². The van der Waals surface area contributed by atoms with Crippen LogP contribution in [0.1, 0.15) is 24.5 Å². The summed E-state index contributed by atoms with van der Waals surface area (Å²) in [5.41, 5.74) is 1.53. The molecule has 1 fully saturated rings. The van der Waals surface area contributed by atoms with Gasteiger partial charge in [-0.3, -0.25) is 0 Å². The first-order valence-electron chi connectivity index (χ1n) is 9.54. The smallest absolute Gasteiger partial charge is 0.194 e. The monoisotopic (exact) mass is 509 g/mol. The van der Waals surface area contributed by atoms with Gasteiger partial charge in [0.2, 0.25) is 0 Å². The number of methoxy groups -OCH3 is 2. The lowest BCUT2D eigenvalue weighted by Gasteiger charge is -2.21. The first-order chi connectivity index (χ1) is 13.2. The molecule has 160 valence electrons. The summed E-state index contributed by atoms with van der Waals surface area (Å²) in [5, 5.41) is 3.36. The van der Waals surface area contributed by atoms with Crippen LogP contribution in [0.2, 0.25) is 0 Å². The van der Waals surface area contributed by atoms with Crippen molar-refractivity contribution >= 4 is 29.9 Å². The van der Waals surface area contributed by atoms with Crippen molar-refractivity contribution in [2.75, 3.05) is 53.7 Å². The summed E-state index contributed by atoms with van der Waals surface area (Å²) in [4.78, 5) is 7.02. The van der Waals surface area contributed by atoms with E-state index in [1.807, 2.05) is 6.07 Å². The molecule has 28 heavy (non-hydrogen) atoms. The number of aliphatic imine (C=N–C) groups is 1. The number of likely N-dealkylation sites (tertiary alicyclic amines) is 1. The molecule has 0 aromatic heterocycles. The number of ether oxygens (including phenoxy) is 3. The van der Waals surface area contributed by atoms with Crippen LogP contribution in [0.4, 0.5) is 4.39 Å². The van der Waals surface area contributed by atoms with Crippen LogP contribution in [0.3, 0.4) is 0 Å². The lowest BCUT2D eigenvalue weighted by molar-refractivity contribution is 0.0536. The van der Waals surface area contributed by atoms with Crippen molar-refractivity contribution in [3.05, 3.63) is 35.1 Å². The number of benzene rings is 1. The molecule has 1 unspecified atom stereocenters. The maximum atomic E-state index is 13.8. The molecule has 1 heterocycles. The Morgan fingerprint density at radius 3 is 2.82 bits per heavy atom. The Morgan fingerprint density at radius 2 is 2.11 bits per heavy atom. The Hall–Kier alpha value is -0.970. The minimum absolute atomic E-state index is 0. The van der Waals surface area contributed by atoms with E-state index in [2.05, 4.69) is 17.1 Å². The van der Waals surface area contributed by atoms with Crippen LogP contribution in [0, 0.1) is 11.7 Å². The lowest BCUT2D eigenvalue weighted by Crippen LogP contribution is -2.40. The fraction of sp³-hybridized carbons (Fsp3) is 0.650. The first kappa shape index (κ1) is 25.1. The average Bonchev–Trinajstić information content (AvgIpc) is 3.13. The zero-order valence-corrected chi connectivity index (χ0v) is 19.4. The van der Waals surface area contributed by atoms with Gasteiger partial charge in [-0.25, -0.2) is 9.38 Å². The van der Waals surface area contributed by atoms with E-state index < -0.39 is 0 Å². The van der Waals surface area contributed by atoms with Gasteiger partial charge < -0.3 is 24.4 Å². The summed E-state index contributed by atoms with van der Waals surface area (Å²) in [6.45, 7) is 7.54. The molecule has 1 aromatic rings. The van der Waals surface area contributed by atoms with Crippen LogP contribution in [0.5, 0.6) is 0 Å². The molecule has 2 rings (SSSR count). The Morgan fingerprint density at radius 1 is 1.29 bits per heavy atom. The van der Waals surface area contributed by atoms with Gasteiger partial charge in [-0.1, -0.05) is 6.07 Å². The van der Waals surface area contributed by atoms with Crippen LogP contribution >= 0.6 is 24.0 Å². The van der Waals surface area contributed by atoms with Crippen LogP contribution < -0.4 is 5.32 Å². The number of nitrogens with one attached hydrogen (secondary N) is 1. The van der Waals surface area contributed by atoms with Gasteiger partial charge in [0.15, 0.2) is 5.96 Å². The largest absolute Gasteiger partial charge is 0.382 e. The topological polar surface area (TPSA) is 55.3 Å². The number of hydrogen-bond acceptors (Lipinski definition) is 4. The van der Waals surface area contributed by atoms with Gasteiger partial charge in [0.25, 0.3) is 0 Å². The van der Waals surface area contributed by atoms with Gasteiger partial charge in [-0.05, 0) is 31.0 Å². The standard InChI is InChI=1S/C20H32FN3O3.HI/c1-4-22-20(24-8-7-17(13-24)14-27-10-9-25-2)23-12-16-5-6-19(21)18(11-16)15-26-3;/h5-6,11,17H,4,7-10,12-15H2,1-3H3,(H,22,23);1H. The fourth-order valence-electron chi connectivity index (χ4n) is 3.14. The van der Waals surface area contributed by atoms with Crippen molar-refractivity contribution in [3.63, 3.8) is 0 Å². The van der Waals surface area contributed by atoms with Crippen molar-refractivity contribution in [2.24, 2.45) is 10.9 Å². The molecular weight excluding hydrogens is 476 g/mol. The maximum Gasteiger partial charge on any atom is 0.194 e. The Labute approximate surface area is 184 Å². The highest BCUT2D eigenvalue weighted by atomic mass is 127. The molecule has 0 amide bonds. The highest BCUT2D eigenvalue weighted by Gasteiger charge is 2.24. The quantitative estimate of drug-likeness (QED) is 0.228. The zero-order chi connectivity index (χ0) is 19.5. The van der Waals surface area contributed by atoms with Crippen molar-refractivity contribution < 1.29 is 18.6 Å². The Bertz CT molecular complexity index is 604. The van der Waals surface area contributed by atoms with E-state index in [1.165, 1.54) is 6.07 Å². The summed E-state index contributed by atoms with van der Waals surface area (Å²) >= 11 is 0. The fourth-order valence-corrected chi connectivity index (χ4v) is 3.14. The normalized spacial score (nSPS) is 16.9. The molecule has 6 nitrogen and oxygen atoms in total. The van der Waals surface area contributed by atoms with Gasteiger partial charge in [0.05, 0.1) is 33.0 Å². The molecule has 1 N–H and O–H groups in total. The van der Waals surface area contributed by atoms with Crippen molar-refractivity contribution in [1.29, 1.82) is 0 Å². The zero-order valence-electron chi connectivity index (χ0n) is 17.1. The van der Waals surface area contributed by atoms with Gasteiger partial charge in [0, 0.05) is 45.3 Å². The van der Waals surface area contributed by atoms with E-state index >= 15 is 0 Å². The summed E-state index contributed by atoms with van der Waals surface area (Å²) in [5.74, 6) is 1.16. The minimum Gasteiger partial charge on any atom is -0.382 e. The lowest BCUT2D eigenvalue weighted by atomic mass is 10.1. The second kappa shape index (κ2) is 14.1. The first-order valence-corrected chi connectivity index (χ1v) is 9.54. The highest BCUT2D eigenvalue weighted by Crippen LogP contribution is 2.17. The Balaban J connectivity index is 0.00000392. The highest BCUT2D eigenvalue weighted by molar-refractivity contribution is 14.0. The maximum absolute atomic E-state index is 13.8. The third kappa shape index (κ3) is 8.18. The predicted molar refractivity (Wildman–Crippen MR) is 120 cm³/mol. The molecule has 0 spiro atoms. The summed E-state index contributed by atoms with van der Waals surface area (Å²) in [6.07, 6.45) is 1.09. The predicted octanol–water partition coefficient (Wildman–Crippen LogP) is 3.04. The molecule has 1 aromatic carbocycles. The molecule has 1 aliphatic heterocycles. The van der Waals surface area contributed by atoms with Gasteiger partial charge in [0.1, 0.15) is 5.82 Å². The molecular formula is C20H33FIN3O3. The van der Waals surface area contributed by atoms with Gasteiger partial charge in [-0.2, -0.15) is 0 Å². The van der Waals surface area contributed by atoms with Crippen molar-refractivity contribution in [3.8, 4) is 0 Å². The molecule has 8 heteroatoms. The summed E-state index contributed by atoms with van der Waals surface area (Å²) < 4.78 is 29.5. The molecule has 0 radical (unpaired) electrons. The SMILES string of the molecule is CCNC(=NCc1ccc(F)c(COC)c1)N1CCC(COCCOC)C1.I. The number of rotatable bonds is 10. The minimum atomic E-state index is -0.243. The molecule has 0 saturated carbocycles. The van der Waals surface area contributed by atoms with E-state index in [0.29, 0.717) is 31.2 Å². The van der Waals surface area contributed by atoms with Crippen LogP contribution in [0.25, 0.3) is 0 Å². The van der Waals surface area contributed by atoms with E-state index in [9.17, 15) is 4.39 Å². The third-order valence-corrected chi connectivity index (χ3v) is 4.53. The molecule has 1 saturated heterocycles. The third-order valence-electron chi connectivity index (χ3n) is 4.53. The Kier molecular flexibility index (Phi) is 12.6. The summed E-state index contributed by atoms with van der Waals surface area (Å²) in [7, 11) is 3.25. The second-order valence-corrected chi connectivity index (χ2v) is 6.70. The number of hydrogen-bond donors (Lipinski definition) is 1. The molecule has 0 aliphatic carbocycles. The van der Waals surface area contributed by atoms with Crippen LogP contribution in [-0.4, -0.2) is 64.5 Å². The van der Waals surface area contributed by atoms with E-state index in [0.717, 1.165) is 44.2 Å². The van der Waals surface area contributed by atoms with Crippen LogP contribution in [-0.2, 0) is 27.4 Å². The van der Waals surface area contributed by atoms with E-state index in [4.69, 9.17) is 19.2 Å².